The molecule has 0 spiro atoms. The van der Waals surface area contributed by atoms with E-state index in [1.807, 2.05) is 0 Å². The van der Waals surface area contributed by atoms with Crippen molar-refractivity contribution in [3.05, 3.63) is 0 Å². The molecule has 2 rings (SSSR count). The molecule has 2 saturated carbocycles. The van der Waals surface area contributed by atoms with E-state index in [0.29, 0.717) is 18.9 Å². The van der Waals surface area contributed by atoms with Gasteiger partial charge < -0.3 is 9.47 Å². The van der Waals surface area contributed by atoms with Crippen LogP contribution in [0.1, 0.15) is 51.4 Å². The number of rotatable bonds is 6. The topological polar surface area (TPSA) is 18.5 Å². The van der Waals surface area contributed by atoms with E-state index in [9.17, 15) is 8.78 Å². The van der Waals surface area contributed by atoms with Crippen molar-refractivity contribution in [3.63, 3.8) is 0 Å². The predicted molar refractivity (Wildman–Crippen MR) is 78.3 cm³/mol. The molecule has 0 N–H and O–H groups in total. The molecule has 0 aromatic heterocycles. The molecule has 20 heavy (non-hydrogen) atoms. The van der Waals surface area contributed by atoms with Gasteiger partial charge in [-0.05, 0) is 31.1 Å². The first kappa shape index (κ1) is 16.6. The molecular weight excluding hydrogens is 330 g/mol. The van der Waals surface area contributed by atoms with Crippen LogP contribution in [0.3, 0.4) is 0 Å². The van der Waals surface area contributed by atoms with Gasteiger partial charge >= 0.3 is 6.61 Å². The van der Waals surface area contributed by atoms with E-state index < -0.39 is 12.7 Å². The summed E-state index contributed by atoms with van der Waals surface area (Å²) in [6.45, 7) is -2.13. The summed E-state index contributed by atoms with van der Waals surface area (Å²) in [5.41, 5.74) is 0. The summed E-state index contributed by atoms with van der Waals surface area (Å²) in [4.78, 5) is 0. The smallest absolute Gasteiger partial charge is 0.345 e. The van der Waals surface area contributed by atoms with Gasteiger partial charge in [0.1, 0.15) is 0 Å². The summed E-state index contributed by atoms with van der Waals surface area (Å²) in [6.07, 6.45) is 8.60. The Balaban J connectivity index is 1.89. The lowest BCUT2D eigenvalue weighted by Gasteiger charge is -2.40. The van der Waals surface area contributed by atoms with Crippen LogP contribution in [0.25, 0.3) is 0 Å². The maximum atomic E-state index is 12.5. The van der Waals surface area contributed by atoms with Gasteiger partial charge in [-0.3, -0.25) is 0 Å². The third kappa shape index (κ3) is 4.92. The molecule has 0 saturated heterocycles. The standard InChI is InChI=1S/C15H25BrF2O2/c16-8-9-19-14-10-12(11-4-2-1-3-5-11)6-7-13(14)20-15(17)18/h11-15H,1-10H2. The van der Waals surface area contributed by atoms with Crippen molar-refractivity contribution in [2.45, 2.75) is 70.2 Å². The Labute approximate surface area is 128 Å². The highest BCUT2D eigenvalue weighted by Gasteiger charge is 2.36. The number of hydrogen-bond donors (Lipinski definition) is 0. The van der Waals surface area contributed by atoms with Gasteiger partial charge in [-0.1, -0.05) is 48.0 Å². The van der Waals surface area contributed by atoms with Gasteiger partial charge in [0.25, 0.3) is 0 Å². The maximum absolute atomic E-state index is 12.5. The molecule has 0 aliphatic heterocycles. The summed E-state index contributed by atoms with van der Waals surface area (Å²) in [5.74, 6) is 1.40. The minimum Gasteiger partial charge on any atom is -0.375 e. The Morgan fingerprint density at radius 3 is 2.35 bits per heavy atom. The van der Waals surface area contributed by atoms with Crippen molar-refractivity contribution in [2.75, 3.05) is 11.9 Å². The lowest BCUT2D eigenvalue weighted by atomic mass is 9.72. The van der Waals surface area contributed by atoms with E-state index in [-0.39, 0.29) is 6.10 Å². The number of alkyl halides is 3. The van der Waals surface area contributed by atoms with Crippen LogP contribution < -0.4 is 0 Å². The van der Waals surface area contributed by atoms with Gasteiger partial charge in [-0.25, -0.2) is 0 Å². The van der Waals surface area contributed by atoms with E-state index in [2.05, 4.69) is 15.9 Å². The molecule has 5 heteroatoms. The Bertz CT molecular complexity index is 273. The van der Waals surface area contributed by atoms with Gasteiger partial charge in [0, 0.05) is 5.33 Å². The van der Waals surface area contributed by atoms with Gasteiger partial charge in [-0.15, -0.1) is 0 Å². The average Bonchev–Trinajstić information content (AvgIpc) is 2.46. The first-order valence-corrected chi connectivity index (χ1v) is 8.94. The molecule has 0 aromatic carbocycles. The molecule has 3 unspecified atom stereocenters. The maximum Gasteiger partial charge on any atom is 0.345 e. The van der Waals surface area contributed by atoms with Crippen molar-refractivity contribution >= 4 is 15.9 Å². The van der Waals surface area contributed by atoms with Crippen molar-refractivity contribution in [1.29, 1.82) is 0 Å². The highest BCUT2D eigenvalue weighted by Crippen LogP contribution is 2.40. The van der Waals surface area contributed by atoms with Crippen LogP contribution in [0.4, 0.5) is 8.78 Å². The van der Waals surface area contributed by atoms with Crippen molar-refractivity contribution in [1.82, 2.24) is 0 Å². The van der Waals surface area contributed by atoms with Crippen LogP contribution in [0, 0.1) is 11.8 Å². The zero-order valence-electron chi connectivity index (χ0n) is 11.9. The third-order valence-electron chi connectivity index (χ3n) is 4.77. The largest absolute Gasteiger partial charge is 0.375 e. The Kier molecular flexibility index (Phi) is 7.18. The van der Waals surface area contributed by atoms with Gasteiger partial charge in [0.15, 0.2) is 0 Å². The van der Waals surface area contributed by atoms with E-state index in [1.54, 1.807) is 0 Å². The van der Waals surface area contributed by atoms with E-state index >= 15 is 0 Å². The van der Waals surface area contributed by atoms with Gasteiger partial charge in [0.2, 0.25) is 0 Å². The van der Waals surface area contributed by atoms with Crippen molar-refractivity contribution in [3.8, 4) is 0 Å². The molecule has 118 valence electrons. The molecule has 0 bridgehead atoms. The molecule has 0 heterocycles. The average molecular weight is 355 g/mol. The Morgan fingerprint density at radius 1 is 0.950 bits per heavy atom. The highest BCUT2D eigenvalue weighted by molar-refractivity contribution is 9.09. The zero-order chi connectivity index (χ0) is 14.4. The van der Waals surface area contributed by atoms with E-state index in [1.165, 1.54) is 32.1 Å². The quantitative estimate of drug-likeness (QED) is 0.640. The summed E-state index contributed by atoms with van der Waals surface area (Å²) in [5, 5.41) is 0.735. The molecule has 2 aliphatic carbocycles. The molecular formula is C15H25BrF2O2. The van der Waals surface area contributed by atoms with Crippen LogP contribution in [0.5, 0.6) is 0 Å². The Morgan fingerprint density at radius 2 is 1.70 bits per heavy atom. The SMILES string of the molecule is FC(F)OC1CCC(C2CCCCC2)CC1OCCBr. The van der Waals surface area contributed by atoms with E-state index in [0.717, 1.165) is 24.1 Å². The van der Waals surface area contributed by atoms with Crippen LogP contribution in [0.15, 0.2) is 0 Å². The molecule has 2 aliphatic rings. The van der Waals surface area contributed by atoms with Crippen molar-refractivity contribution < 1.29 is 18.3 Å². The molecule has 3 atom stereocenters. The molecule has 0 amide bonds. The first-order chi connectivity index (χ1) is 9.70. The van der Waals surface area contributed by atoms with Crippen LogP contribution in [0.2, 0.25) is 0 Å². The second kappa shape index (κ2) is 8.64. The van der Waals surface area contributed by atoms with Gasteiger partial charge in [-0.2, -0.15) is 8.78 Å². The molecule has 2 nitrogen and oxygen atoms in total. The normalized spacial score (nSPS) is 32.7. The second-order valence-electron chi connectivity index (χ2n) is 6.00. The minimum atomic E-state index is -2.69. The molecule has 0 radical (unpaired) electrons. The highest BCUT2D eigenvalue weighted by atomic mass is 79.9. The predicted octanol–water partition coefficient (Wildman–Crippen LogP) is 4.75. The van der Waals surface area contributed by atoms with Crippen LogP contribution in [-0.2, 0) is 9.47 Å². The van der Waals surface area contributed by atoms with Crippen LogP contribution in [-0.4, -0.2) is 30.8 Å². The third-order valence-corrected chi connectivity index (χ3v) is 5.10. The zero-order valence-corrected chi connectivity index (χ0v) is 13.5. The fraction of sp³-hybridized carbons (Fsp3) is 1.00. The monoisotopic (exact) mass is 354 g/mol. The Hall–Kier alpha value is 0.260. The molecule has 0 aromatic rings. The van der Waals surface area contributed by atoms with Crippen molar-refractivity contribution in [2.24, 2.45) is 11.8 Å². The number of hydrogen-bond acceptors (Lipinski definition) is 2. The fourth-order valence-electron chi connectivity index (χ4n) is 3.83. The number of ether oxygens (including phenoxy) is 2. The lowest BCUT2D eigenvalue weighted by molar-refractivity contribution is -0.208. The van der Waals surface area contributed by atoms with Gasteiger partial charge in [0.05, 0.1) is 18.8 Å². The first-order valence-electron chi connectivity index (χ1n) is 7.82. The second-order valence-corrected chi connectivity index (χ2v) is 6.80. The van der Waals surface area contributed by atoms with Crippen LogP contribution >= 0.6 is 15.9 Å². The summed E-state index contributed by atoms with van der Waals surface area (Å²) >= 11 is 3.32. The van der Waals surface area contributed by atoms with E-state index in [4.69, 9.17) is 9.47 Å². The summed E-state index contributed by atoms with van der Waals surface area (Å²) < 4.78 is 35.5. The number of halogens is 3. The lowest BCUT2D eigenvalue weighted by Crippen LogP contribution is -2.41. The summed E-state index contributed by atoms with van der Waals surface area (Å²) in [7, 11) is 0. The summed E-state index contributed by atoms with van der Waals surface area (Å²) in [6, 6.07) is 0. The minimum absolute atomic E-state index is 0.165. The fourth-order valence-corrected chi connectivity index (χ4v) is 4.01. The molecule has 2 fully saturated rings.